The Bertz CT molecular complexity index is 364. The minimum atomic E-state index is 0.394. The summed E-state index contributed by atoms with van der Waals surface area (Å²) in [5.74, 6) is 3.25. The molecule has 0 aromatic carbocycles. The molecule has 4 heteroatoms. The Morgan fingerprint density at radius 1 is 1.44 bits per heavy atom. The van der Waals surface area contributed by atoms with Crippen molar-refractivity contribution in [2.75, 3.05) is 7.05 Å². The highest BCUT2D eigenvalue weighted by Gasteiger charge is 2.21. The van der Waals surface area contributed by atoms with Crippen LogP contribution in [0.5, 0.6) is 0 Å². The van der Waals surface area contributed by atoms with Gasteiger partial charge in [-0.25, -0.2) is 0 Å². The second kappa shape index (κ2) is 6.32. The van der Waals surface area contributed by atoms with Gasteiger partial charge in [0.2, 0.25) is 5.89 Å². The molecular weight excluding hydrogens is 226 g/mol. The molecule has 1 fully saturated rings. The van der Waals surface area contributed by atoms with E-state index < -0.39 is 0 Å². The number of aromatic nitrogens is 2. The summed E-state index contributed by atoms with van der Waals surface area (Å²) < 4.78 is 5.36. The number of hydrogen-bond donors (Lipinski definition) is 1. The third kappa shape index (κ3) is 3.80. The maximum atomic E-state index is 5.36. The van der Waals surface area contributed by atoms with Gasteiger partial charge in [0.1, 0.15) is 0 Å². The van der Waals surface area contributed by atoms with Crippen molar-refractivity contribution in [2.24, 2.45) is 11.8 Å². The molecule has 1 aromatic heterocycles. The van der Waals surface area contributed by atoms with Crippen molar-refractivity contribution in [3.05, 3.63) is 11.7 Å². The van der Waals surface area contributed by atoms with Crippen molar-refractivity contribution >= 4 is 0 Å². The second-order valence-corrected chi connectivity index (χ2v) is 5.84. The van der Waals surface area contributed by atoms with Gasteiger partial charge in [0.15, 0.2) is 5.82 Å². The summed E-state index contributed by atoms with van der Waals surface area (Å²) in [4.78, 5) is 4.50. The van der Waals surface area contributed by atoms with Crippen LogP contribution >= 0.6 is 0 Å². The maximum Gasteiger partial charge on any atom is 0.226 e. The molecule has 18 heavy (non-hydrogen) atoms. The van der Waals surface area contributed by atoms with Crippen molar-refractivity contribution < 1.29 is 4.52 Å². The van der Waals surface area contributed by atoms with Crippen LogP contribution in [0.15, 0.2) is 4.52 Å². The lowest BCUT2D eigenvalue weighted by Crippen LogP contribution is -2.24. The van der Waals surface area contributed by atoms with Crippen LogP contribution in [0.3, 0.4) is 0 Å². The zero-order valence-electron chi connectivity index (χ0n) is 11.8. The number of nitrogens with one attached hydrogen (secondary N) is 1. The van der Waals surface area contributed by atoms with Gasteiger partial charge >= 0.3 is 0 Å². The first kappa shape index (κ1) is 13.5. The topological polar surface area (TPSA) is 51.0 Å². The Hall–Kier alpha value is -0.900. The summed E-state index contributed by atoms with van der Waals surface area (Å²) in [5.41, 5.74) is 0. The van der Waals surface area contributed by atoms with E-state index in [2.05, 4.69) is 29.3 Å². The second-order valence-electron chi connectivity index (χ2n) is 5.84. The highest BCUT2D eigenvalue weighted by Crippen LogP contribution is 2.30. The highest BCUT2D eigenvalue weighted by atomic mass is 16.5. The van der Waals surface area contributed by atoms with Gasteiger partial charge in [-0.1, -0.05) is 24.9 Å². The fraction of sp³-hybridized carbons (Fsp3) is 0.857. The Morgan fingerprint density at radius 3 is 3.00 bits per heavy atom. The molecule has 102 valence electrons. The molecular formula is C14H25N3O. The number of hydrogen-bond acceptors (Lipinski definition) is 4. The standard InChI is InChI=1S/C14H25N3O/c1-10-5-4-6-12(7-10)9-14-16-13(17-18-14)8-11(2)15-3/h10-12,15H,4-9H2,1-3H3. The van der Waals surface area contributed by atoms with Crippen LogP contribution in [0.1, 0.15) is 51.2 Å². The summed E-state index contributed by atoms with van der Waals surface area (Å²) in [7, 11) is 1.95. The molecule has 1 aliphatic rings. The van der Waals surface area contributed by atoms with E-state index in [9.17, 15) is 0 Å². The van der Waals surface area contributed by atoms with Crippen molar-refractivity contribution in [3.8, 4) is 0 Å². The molecule has 1 aliphatic carbocycles. The smallest absolute Gasteiger partial charge is 0.226 e. The fourth-order valence-electron chi connectivity index (χ4n) is 2.82. The largest absolute Gasteiger partial charge is 0.339 e. The van der Waals surface area contributed by atoms with Crippen LogP contribution in [-0.2, 0) is 12.8 Å². The lowest BCUT2D eigenvalue weighted by Gasteiger charge is -2.25. The molecule has 3 atom stereocenters. The Kier molecular flexibility index (Phi) is 4.75. The zero-order chi connectivity index (χ0) is 13.0. The molecule has 1 N–H and O–H groups in total. The highest BCUT2D eigenvalue weighted by molar-refractivity contribution is 4.91. The van der Waals surface area contributed by atoms with E-state index in [-0.39, 0.29) is 0 Å². The third-order valence-electron chi connectivity index (χ3n) is 4.00. The Labute approximate surface area is 110 Å². The van der Waals surface area contributed by atoms with Gasteiger partial charge < -0.3 is 9.84 Å². The molecule has 1 saturated carbocycles. The molecule has 1 heterocycles. The van der Waals surface area contributed by atoms with Crippen LogP contribution in [0.4, 0.5) is 0 Å². The van der Waals surface area contributed by atoms with E-state index in [1.807, 2.05) is 7.05 Å². The van der Waals surface area contributed by atoms with E-state index in [1.165, 1.54) is 25.7 Å². The third-order valence-corrected chi connectivity index (χ3v) is 4.00. The first-order valence-electron chi connectivity index (χ1n) is 7.16. The van der Waals surface area contributed by atoms with Crippen LogP contribution in [0, 0.1) is 11.8 Å². The predicted molar refractivity (Wildman–Crippen MR) is 71.3 cm³/mol. The monoisotopic (exact) mass is 251 g/mol. The van der Waals surface area contributed by atoms with Gasteiger partial charge in [-0.15, -0.1) is 0 Å². The molecule has 3 unspecified atom stereocenters. The Balaban J connectivity index is 1.86. The van der Waals surface area contributed by atoms with Crippen molar-refractivity contribution in [1.82, 2.24) is 15.5 Å². The van der Waals surface area contributed by atoms with E-state index in [0.717, 1.165) is 36.4 Å². The van der Waals surface area contributed by atoms with Crippen LogP contribution in [-0.4, -0.2) is 23.2 Å². The Morgan fingerprint density at radius 2 is 2.28 bits per heavy atom. The number of rotatable bonds is 5. The quantitative estimate of drug-likeness (QED) is 0.874. The van der Waals surface area contributed by atoms with Crippen molar-refractivity contribution in [1.29, 1.82) is 0 Å². The zero-order valence-corrected chi connectivity index (χ0v) is 11.8. The molecule has 0 spiro atoms. The summed E-state index contributed by atoms with van der Waals surface area (Å²) in [6, 6.07) is 0.394. The van der Waals surface area contributed by atoms with Crippen LogP contribution in [0.25, 0.3) is 0 Å². The SMILES string of the molecule is CNC(C)Cc1noc(CC2CCCC(C)C2)n1. The summed E-state index contributed by atoms with van der Waals surface area (Å²) >= 11 is 0. The molecule has 1 aromatic rings. The van der Waals surface area contributed by atoms with E-state index in [4.69, 9.17) is 4.52 Å². The van der Waals surface area contributed by atoms with Gasteiger partial charge in [-0.05, 0) is 38.6 Å². The minimum Gasteiger partial charge on any atom is -0.339 e. The fourth-order valence-corrected chi connectivity index (χ4v) is 2.82. The van der Waals surface area contributed by atoms with Crippen LogP contribution < -0.4 is 5.32 Å². The molecule has 0 aliphatic heterocycles. The average molecular weight is 251 g/mol. The summed E-state index contributed by atoms with van der Waals surface area (Å²) in [5, 5.41) is 7.25. The number of likely N-dealkylation sites (N-methyl/N-ethyl adjacent to an activating group) is 1. The number of nitrogens with zero attached hydrogens (tertiary/aromatic N) is 2. The summed E-state index contributed by atoms with van der Waals surface area (Å²) in [6.45, 7) is 4.47. The van der Waals surface area contributed by atoms with Crippen molar-refractivity contribution in [2.45, 2.75) is 58.4 Å². The van der Waals surface area contributed by atoms with E-state index in [0.29, 0.717) is 6.04 Å². The van der Waals surface area contributed by atoms with Crippen LogP contribution in [0.2, 0.25) is 0 Å². The van der Waals surface area contributed by atoms with Gasteiger partial charge in [0.05, 0.1) is 0 Å². The first-order chi connectivity index (χ1) is 8.67. The minimum absolute atomic E-state index is 0.394. The summed E-state index contributed by atoms with van der Waals surface area (Å²) in [6.07, 6.45) is 7.15. The van der Waals surface area contributed by atoms with E-state index in [1.54, 1.807) is 0 Å². The molecule has 4 nitrogen and oxygen atoms in total. The average Bonchev–Trinajstić information content (AvgIpc) is 2.76. The van der Waals surface area contributed by atoms with Gasteiger partial charge in [-0.2, -0.15) is 4.98 Å². The molecule has 0 saturated heterocycles. The molecule has 0 radical (unpaired) electrons. The molecule has 0 bridgehead atoms. The van der Waals surface area contributed by atoms with Gasteiger partial charge in [0, 0.05) is 18.9 Å². The lowest BCUT2D eigenvalue weighted by atomic mass is 9.81. The molecule has 0 amide bonds. The normalized spacial score (nSPS) is 26.2. The van der Waals surface area contributed by atoms with Gasteiger partial charge in [0.25, 0.3) is 0 Å². The van der Waals surface area contributed by atoms with Gasteiger partial charge in [-0.3, -0.25) is 0 Å². The lowest BCUT2D eigenvalue weighted by molar-refractivity contribution is 0.257. The molecule has 2 rings (SSSR count). The van der Waals surface area contributed by atoms with E-state index >= 15 is 0 Å². The first-order valence-corrected chi connectivity index (χ1v) is 7.16. The predicted octanol–water partition coefficient (Wildman–Crippen LogP) is 2.59. The maximum absolute atomic E-state index is 5.36. The van der Waals surface area contributed by atoms with Crippen molar-refractivity contribution in [3.63, 3.8) is 0 Å².